The molecular weight excluding hydrogens is 232 g/mol. The van der Waals surface area contributed by atoms with Gasteiger partial charge >= 0.3 is 0 Å². The molecule has 0 N–H and O–H groups in total. The van der Waals surface area contributed by atoms with Gasteiger partial charge in [0.2, 0.25) is 0 Å². The normalized spacial score (nSPS) is 11.5. The average molecular weight is 245 g/mol. The molecule has 0 amide bonds. The summed E-state index contributed by atoms with van der Waals surface area (Å²) in [5.41, 5.74) is 2.32. The fraction of sp³-hybridized carbons (Fsp3) is 0.286. The van der Waals surface area contributed by atoms with Crippen molar-refractivity contribution in [2.75, 3.05) is 0 Å². The molecule has 0 fully saturated rings. The van der Waals surface area contributed by atoms with E-state index in [4.69, 9.17) is 16.9 Å². The minimum absolute atomic E-state index is 0.484. The van der Waals surface area contributed by atoms with Crippen LogP contribution < -0.4 is 0 Å². The van der Waals surface area contributed by atoms with Gasteiger partial charge < -0.3 is 0 Å². The topological polar surface area (TPSA) is 36.7 Å². The van der Waals surface area contributed by atoms with Crippen LogP contribution in [0.1, 0.15) is 25.0 Å². The van der Waals surface area contributed by atoms with Gasteiger partial charge in [-0.3, -0.25) is 0 Å². The number of nitriles is 1. The molecule has 0 radical (unpaired) electrons. The van der Waals surface area contributed by atoms with Crippen LogP contribution in [0.3, 0.4) is 0 Å². The number of halogens is 1. The van der Waals surface area contributed by atoms with Crippen molar-refractivity contribution in [1.29, 1.82) is 5.26 Å². The smallest absolute Gasteiger partial charge is 0.132 e. The van der Waals surface area contributed by atoms with E-state index in [0.717, 1.165) is 22.0 Å². The van der Waals surface area contributed by atoms with Gasteiger partial charge in [0.15, 0.2) is 0 Å². The first-order valence-electron chi connectivity index (χ1n) is 5.43. The Morgan fingerprint density at radius 2 is 2.00 bits per heavy atom. The van der Waals surface area contributed by atoms with E-state index < -0.39 is 5.41 Å². The van der Waals surface area contributed by atoms with E-state index in [-0.39, 0.29) is 0 Å². The van der Waals surface area contributed by atoms with E-state index in [9.17, 15) is 0 Å². The van der Waals surface area contributed by atoms with Gasteiger partial charge in [0.1, 0.15) is 5.15 Å². The van der Waals surface area contributed by atoms with Gasteiger partial charge in [0, 0.05) is 5.39 Å². The summed E-state index contributed by atoms with van der Waals surface area (Å²) in [6.07, 6.45) is 0. The monoisotopic (exact) mass is 244 g/mol. The fourth-order valence-corrected chi connectivity index (χ4v) is 1.86. The minimum Gasteiger partial charge on any atom is -0.236 e. The summed E-state index contributed by atoms with van der Waals surface area (Å²) in [5.74, 6) is 0. The molecule has 2 aromatic rings. The summed E-state index contributed by atoms with van der Waals surface area (Å²) in [4.78, 5) is 4.31. The number of rotatable bonds is 1. The van der Waals surface area contributed by atoms with E-state index >= 15 is 0 Å². The first-order chi connectivity index (χ1) is 7.94. The number of aryl methyl sites for hydroxylation is 1. The van der Waals surface area contributed by atoms with Crippen LogP contribution in [0.5, 0.6) is 0 Å². The Kier molecular flexibility index (Phi) is 2.81. The molecule has 2 rings (SSSR count). The molecule has 0 aliphatic rings. The first-order valence-corrected chi connectivity index (χ1v) is 5.80. The molecule has 0 aliphatic heterocycles. The fourth-order valence-electron chi connectivity index (χ4n) is 1.71. The highest BCUT2D eigenvalue weighted by molar-refractivity contribution is 6.30. The van der Waals surface area contributed by atoms with Crippen LogP contribution in [0, 0.1) is 18.3 Å². The molecule has 1 heterocycles. The van der Waals surface area contributed by atoms with Crippen molar-refractivity contribution < 1.29 is 0 Å². The highest BCUT2D eigenvalue weighted by atomic mass is 35.5. The van der Waals surface area contributed by atoms with Crippen molar-refractivity contribution in [1.82, 2.24) is 4.98 Å². The lowest BCUT2D eigenvalue weighted by molar-refractivity contribution is 0.688. The molecule has 0 aliphatic carbocycles. The third kappa shape index (κ3) is 2.11. The zero-order valence-corrected chi connectivity index (χ0v) is 10.8. The second kappa shape index (κ2) is 4.01. The van der Waals surface area contributed by atoms with Gasteiger partial charge in [-0.1, -0.05) is 17.7 Å². The zero-order chi connectivity index (χ0) is 12.6. The van der Waals surface area contributed by atoms with E-state index in [1.54, 1.807) is 0 Å². The molecule has 0 bridgehead atoms. The third-order valence-corrected chi connectivity index (χ3v) is 3.33. The molecule has 0 saturated carbocycles. The highest BCUT2D eigenvalue weighted by Crippen LogP contribution is 2.27. The van der Waals surface area contributed by atoms with Crippen molar-refractivity contribution in [3.8, 4) is 6.07 Å². The summed E-state index contributed by atoms with van der Waals surface area (Å²) < 4.78 is 0. The lowest BCUT2D eigenvalue weighted by Gasteiger charge is -2.16. The summed E-state index contributed by atoms with van der Waals surface area (Å²) >= 11 is 5.98. The maximum Gasteiger partial charge on any atom is 0.132 e. The number of hydrogen-bond donors (Lipinski definition) is 0. The van der Waals surface area contributed by atoms with Crippen LogP contribution in [0.4, 0.5) is 0 Å². The Labute approximate surface area is 106 Å². The summed E-state index contributed by atoms with van der Waals surface area (Å²) in [6.45, 7) is 5.74. The van der Waals surface area contributed by atoms with Gasteiger partial charge in [-0.05, 0) is 50.1 Å². The largest absolute Gasteiger partial charge is 0.236 e. The third-order valence-electron chi connectivity index (χ3n) is 2.94. The first kappa shape index (κ1) is 11.9. The van der Waals surface area contributed by atoms with Gasteiger partial charge in [-0.2, -0.15) is 5.26 Å². The van der Waals surface area contributed by atoms with E-state index in [1.807, 2.05) is 45.0 Å². The molecule has 2 nitrogen and oxygen atoms in total. The second-order valence-electron chi connectivity index (χ2n) is 4.74. The Balaban J connectivity index is 2.67. The minimum atomic E-state index is -0.484. The molecule has 3 heteroatoms. The molecule has 0 spiro atoms. The van der Waals surface area contributed by atoms with Crippen molar-refractivity contribution >= 4 is 22.5 Å². The van der Waals surface area contributed by atoms with Crippen LogP contribution in [0.15, 0.2) is 24.3 Å². The van der Waals surface area contributed by atoms with Gasteiger partial charge in [-0.25, -0.2) is 4.98 Å². The predicted molar refractivity (Wildman–Crippen MR) is 70.1 cm³/mol. The number of fused-ring (bicyclic) bond motifs is 1. The SMILES string of the molecule is Cc1cc2cc(C(C)(C)C#N)ccc2nc1Cl. The average Bonchev–Trinajstić information content (AvgIpc) is 2.30. The zero-order valence-electron chi connectivity index (χ0n) is 10.1. The van der Waals surface area contributed by atoms with E-state index in [2.05, 4.69) is 11.1 Å². The Hall–Kier alpha value is -1.59. The molecule has 0 unspecified atom stereocenters. The van der Waals surface area contributed by atoms with Crippen molar-refractivity contribution in [3.05, 3.63) is 40.5 Å². The molecule has 1 aromatic heterocycles. The standard InChI is InChI=1S/C14H13ClN2/c1-9-6-10-7-11(14(2,3)8-16)4-5-12(10)17-13(9)15/h4-7H,1-3H3. The van der Waals surface area contributed by atoms with Crippen molar-refractivity contribution in [2.24, 2.45) is 0 Å². The lowest BCUT2D eigenvalue weighted by Crippen LogP contribution is -2.13. The quantitative estimate of drug-likeness (QED) is 0.711. The second-order valence-corrected chi connectivity index (χ2v) is 5.10. The number of benzene rings is 1. The van der Waals surface area contributed by atoms with Gasteiger partial charge in [-0.15, -0.1) is 0 Å². The Morgan fingerprint density at radius 3 is 2.65 bits per heavy atom. The van der Waals surface area contributed by atoms with Gasteiger partial charge in [0.25, 0.3) is 0 Å². The van der Waals surface area contributed by atoms with Crippen LogP contribution >= 0.6 is 11.6 Å². The van der Waals surface area contributed by atoms with Crippen LogP contribution in [-0.4, -0.2) is 4.98 Å². The Morgan fingerprint density at radius 1 is 1.29 bits per heavy atom. The molecule has 0 atom stereocenters. The highest BCUT2D eigenvalue weighted by Gasteiger charge is 2.19. The van der Waals surface area contributed by atoms with E-state index in [1.165, 1.54) is 0 Å². The maximum atomic E-state index is 9.13. The number of nitrogens with zero attached hydrogens (tertiary/aromatic N) is 2. The Bertz CT molecular complexity index is 624. The van der Waals surface area contributed by atoms with Crippen LogP contribution in [0.2, 0.25) is 5.15 Å². The predicted octanol–water partition coefficient (Wildman–Crippen LogP) is 4.00. The lowest BCUT2D eigenvalue weighted by atomic mass is 9.85. The van der Waals surface area contributed by atoms with E-state index in [0.29, 0.717) is 5.15 Å². The summed E-state index contributed by atoms with van der Waals surface area (Å²) in [5, 5.41) is 10.7. The van der Waals surface area contributed by atoms with Gasteiger partial charge in [0.05, 0.1) is 17.0 Å². The molecule has 86 valence electrons. The number of hydrogen-bond acceptors (Lipinski definition) is 2. The number of aromatic nitrogens is 1. The van der Waals surface area contributed by atoms with Crippen LogP contribution in [0.25, 0.3) is 10.9 Å². The van der Waals surface area contributed by atoms with Crippen LogP contribution in [-0.2, 0) is 5.41 Å². The molecule has 17 heavy (non-hydrogen) atoms. The number of pyridine rings is 1. The maximum absolute atomic E-state index is 9.13. The summed E-state index contributed by atoms with van der Waals surface area (Å²) in [7, 11) is 0. The van der Waals surface area contributed by atoms with Crippen molar-refractivity contribution in [3.63, 3.8) is 0 Å². The molecule has 1 aromatic carbocycles. The summed E-state index contributed by atoms with van der Waals surface area (Å²) in [6, 6.07) is 10.2. The molecule has 0 saturated heterocycles. The van der Waals surface area contributed by atoms with Crippen molar-refractivity contribution in [2.45, 2.75) is 26.2 Å². The molecular formula is C14H13ClN2.